The molecule has 2 unspecified atom stereocenters. The quantitative estimate of drug-likeness (QED) is 0.770. The monoisotopic (exact) mass is 304 g/mol. The van der Waals surface area contributed by atoms with Gasteiger partial charge in [0.2, 0.25) is 5.91 Å². The Morgan fingerprint density at radius 3 is 2.70 bits per heavy atom. The summed E-state index contributed by atoms with van der Waals surface area (Å²) in [6, 6.07) is 0. The van der Waals surface area contributed by atoms with Crippen LogP contribution in [0.1, 0.15) is 33.1 Å². The fraction of sp³-hybridized carbons (Fsp3) is 0.923. The lowest BCUT2D eigenvalue weighted by atomic mass is 10.0. The summed E-state index contributed by atoms with van der Waals surface area (Å²) in [6.07, 6.45) is 1.66. The molecule has 0 saturated carbocycles. The molecule has 2 aliphatic rings. The van der Waals surface area contributed by atoms with E-state index in [9.17, 15) is 13.2 Å². The van der Waals surface area contributed by atoms with Gasteiger partial charge in [-0.1, -0.05) is 6.42 Å². The summed E-state index contributed by atoms with van der Waals surface area (Å²) in [5.41, 5.74) is 5.15. The molecule has 7 heteroatoms. The van der Waals surface area contributed by atoms with Crippen LogP contribution in [0.5, 0.6) is 0 Å². The van der Waals surface area contributed by atoms with Crippen molar-refractivity contribution in [1.29, 1.82) is 0 Å². The number of sulfone groups is 1. The molecular weight excluding hydrogens is 280 g/mol. The molecule has 0 aromatic carbocycles. The van der Waals surface area contributed by atoms with Gasteiger partial charge < -0.3 is 15.4 Å². The van der Waals surface area contributed by atoms with Crippen LogP contribution in [0.15, 0.2) is 0 Å². The van der Waals surface area contributed by atoms with Crippen LogP contribution in [-0.2, 0) is 19.4 Å². The van der Waals surface area contributed by atoms with Gasteiger partial charge in [0.25, 0.3) is 0 Å². The molecule has 20 heavy (non-hydrogen) atoms. The number of ether oxygens (including phenoxy) is 1. The normalized spacial score (nSPS) is 32.9. The van der Waals surface area contributed by atoms with E-state index in [0.717, 1.165) is 6.42 Å². The molecule has 1 amide bonds. The lowest BCUT2D eigenvalue weighted by molar-refractivity contribution is -0.159. The maximum atomic E-state index is 12.6. The largest absolute Gasteiger partial charge is 0.367 e. The Bertz CT molecular complexity index is 475. The summed E-state index contributed by atoms with van der Waals surface area (Å²) in [5, 5.41) is -0.872. The molecule has 0 aromatic rings. The molecule has 2 fully saturated rings. The van der Waals surface area contributed by atoms with Crippen molar-refractivity contribution in [3.63, 3.8) is 0 Å². The van der Waals surface area contributed by atoms with E-state index in [4.69, 9.17) is 10.5 Å². The van der Waals surface area contributed by atoms with Crippen LogP contribution in [0.25, 0.3) is 0 Å². The van der Waals surface area contributed by atoms with Gasteiger partial charge in [-0.3, -0.25) is 4.79 Å². The highest BCUT2D eigenvalue weighted by Gasteiger charge is 2.42. The van der Waals surface area contributed by atoms with Crippen LogP contribution in [0.2, 0.25) is 0 Å². The zero-order valence-electron chi connectivity index (χ0n) is 12.2. The molecule has 0 spiro atoms. The standard InChI is InChI=1S/C13H24N2O4S/c1-13(2)9-15(8-10(7-14)19-13)12(16)11-5-3-4-6-20(11,17)18/h10-11H,3-9,14H2,1-2H3. The molecule has 2 heterocycles. The Labute approximate surface area is 120 Å². The van der Waals surface area contributed by atoms with Gasteiger partial charge in [-0.15, -0.1) is 0 Å². The Morgan fingerprint density at radius 2 is 2.10 bits per heavy atom. The number of carbonyl (C=O) groups is 1. The summed E-state index contributed by atoms with van der Waals surface area (Å²) in [5.74, 6) is -0.156. The molecule has 6 nitrogen and oxygen atoms in total. The van der Waals surface area contributed by atoms with Gasteiger partial charge >= 0.3 is 0 Å². The van der Waals surface area contributed by atoms with Gasteiger partial charge in [0.1, 0.15) is 5.25 Å². The second-order valence-electron chi connectivity index (χ2n) is 6.31. The third-order valence-corrected chi connectivity index (χ3v) is 6.07. The first-order valence-electron chi connectivity index (χ1n) is 7.13. The lowest BCUT2D eigenvalue weighted by Crippen LogP contribution is -2.59. The topological polar surface area (TPSA) is 89.7 Å². The van der Waals surface area contributed by atoms with Crippen molar-refractivity contribution in [1.82, 2.24) is 4.90 Å². The fourth-order valence-electron chi connectivity index (χ4n) is 3.02. The van der Waals surface area contributed by atoms with Gasteiger partial charge in [0.15, 0.2) is 9.84 Å². The molecule has 2 rings (SSSR count). The summed E-state index contributed by atoms with van der Waals surface area (Å²) in [4.78, 5) is 14.2. The van der Waals surface area contributed by atoms with Crippen molar-refractivity contribution < 1.29 is 17.9 Å². The minimum absolute atomic E-state index is 0.122. The average Bonchev–Trinajstić information content (AvgIpc) is 2.35. The van der Waals surface area contributed by atoms with Crippen molar-refractivity contribution >= 4 is 15.7 Å². The number of carbonyl (C=O) groups excluding carboxylic acids is 1. The molecule has 0 aliphatic carbocycles. The minimum atomic E-state index is -3.30. The second kappa shape index (κ2) is 5.61. The molecule has 2 aliphatic heterocycles. The number of nitrogens with two attached hydrogens (primary N) is 1. The number of hydrogen-bond donors (Lipinski definition) is 1. The van der Waals surface area contributed by atoms with E-state index in [0.29, 0.717) is 32.5 Å². The molecule has 2 N–H and O–H groups in total. The number of rotatable bonds is 2. The van der Waals surface area contributed by atoms with E-state index in [2.05, 4.69) is 0 Å². The number of hydrogen-bond acceptors (Lipinski definition) is 5. The van der Waals surface area contributed by atoms with E-state index in [1.54, 1.807) is 4.90 Å². The maximum absolute atomic E-state index is 12.6. The molecule has 0 aromatic heterocycles. The Morgan fingerprint density at radius 1 is 1.40 bits per heavy atom. The predicted molar refractivity (Wildman–Crippen MR) is 76.0 cm³/mol. The van der Waals surface area contributed by atoms with Gasteiger partial charge in [0.05, 0.1) is 17.5 Å². The van der Waals surface area contributed by atoms with Crippen molar-refractivity contribution in [2.75, 3.05) is 25.4 Å². The van der Waals surface area contributed by atoms with Gasteiger partial charge in [0, 0.05) is 19.6 Å². The fourth-order valence-corrected chi connectivity index (χ4v) is 4.89. The molecule has 0 radical (unpaired) electrons. The molecule has 2 atom stereocenters. The molecular formula is C13H24N2O4S. The van der Waals surface area contributed by atoms with Gasteiger partial charge in [-0.2, -0.15) is 0 Å². The smallest absolute Gasteiger partial charge is 0.241 e. The first-order valence-corrected chi connectivity index (χ1v) is 8.85. The van der Waals surface area contributed by atoms with Crippen LogP contribution < -0.4 is 5.73 Å². The van der Waals surface area contributed by atoms with Crippen LogP contribution >= 0.6 is 0 Å². The van der Waals surface area contributed by atoms with E-state index >= 15 is 0 Å². The molecule has 0 bridgehead atoms. The average molecular weight is 304 g/mol. The first-order chi connectivity index (χ1) is 9.25. The second-order valence-corrected chi connectivity index (χ2v) is 8.61. The molecule has 2 saturated heterocycles. The summed E-state index contributed by atoms with van der Waals surface area (Å²) < 4.78 is 29.9. The van der Waals surface area contributed by atoms with Gasteiger partial charge in [-0.05, 0) is 26.7 Å². The number of amides is 1. The number of morpholine rings is 1. The van der Waals surface area contributed by atoms with Crippen LogP contribution in [0.3, 0.4) is 0 Å². The summed E-state index contributed by atoms with van der Waals surface area (Å²) in [7, 11) is -3.30. The van der Waals surface area contributed by atoms with Crippen LogP contribution in [0.4, 0.5) is 0 Å². The minimum Gasteiger partial charge on any atom is -0.367 e. The Kier molecular flexibility index (Phi) is 4.41. The van der Waals surface area contributed by atoms with E-state index in [-0.39, 0.29) is 17.8 Å². The first kappa shape index (κ1) is 15.7. The highest BCUT2D eigenvalue weighted by molar-refractivity contribution is 7.92. The zero-order chi connectivity index (χ0) is 15.0. The van der Waals surface area contributed by atoms with Crippen molar-refractivity contribution in [3.8, 4) is 0 Å². The highest BCUT2D eigenvalue weighted by atomic mass is 32.2. The Balaban J connectivity index is 2.15. The zero-order valence-corrected chi connectivity index (χ0v) is 13.0. The predicted octanol–water partition coefficient (Wildman–Crippen LogP) is -0.0816. The molecule has 116 valence electrons. The van der Waals surface area contributed by atoms with Crippen molar-refractivity contribution in [2.24, 2.45) is 5.73 Å². The van der Waals surface area contributed by atoms with E-state index < -0.39 is 20.7 Å². The van der Waals surface area contributed by atoms with Crippen molar-refractivity contribution in [2.45, 2.75) is 50.1 Å². The van der Waals surface area contributed by atoms with Crippen molar-refractivity contribution in [3.05, 3.63) is 0 Å². The highest BCUT2D eigenvalue weighted by Crippen LogP contribution is 2.26. The maximum Gasteiger partial charge on any atom is 0.241 e. The summed E-state index contributed by atoms with van der Waals surface area (Å²) >= 11 is 0. The lowest BCUT2D eigenvalue weighted by Gasteiger charge is -2.43. The SMILES string of the molecule is CC1(C)CN(C(=O)C2CCCCS2(=O)=O)CC(CN)O1. The summed E-state index contributed by atoms with van der Waals surface area (Å²) in [6.45, 7) is 4.90. The van der Waals surface area contributed by atoms with Crippen LogP contribution in [0, 0.1) is 0 Å². The van der Waals surface area contributed by atoms with E-state index in [1.165, 1.54) is 0 Å². The number of nitrogens with zero attached hydrogens (tertiary/aromatic N) is 1. The van der Waals surface area contributed by atoms with Crippen LogP contribution in [-0.4, -0.2) is 61.6 Å². The van der Waals surface area contributed by atoms with E-state index in [1.807, 2.05) is 13.8 Å². The third-order valence-electron chi connectivity index (χ3n) is 3.91. The van der Waals surface area contributed by atoms with Gasteiger partial charge in [-0.25, -0.2) is 8.42 Å². The third kappa shape index (κ3) is 3.32. The Hall–Kier alpha value is -0.660.